The molecule has 67 heavy (non-hydrogen) atoms. The normalized spacial score (nSPS) is 15.1. The van der Waals surface area contributed by atoms with Gasteiger partial charge in [-0.25, -0.2) is 0 Å². The summed E-state index contributed by atoms with van der Waals surface area (Å²) >= 11 is 0. The summed E-state index contributed by atoms with van der Waals surface area (Å²) < 4.78 is 2.43. The molecule has 10 aromatic carbocycles. The first-order valence-electron chi connectivity index (χ1n) is 23.5. The number of fused-ring (bicyclic) bond motifs is 7. The SMILES string of the molecule is C1=CC(C2(c3ccccc3)c3ccccc3-c3ccc(N(c4ccc(-c5ccccc5-n5c6ccccc6c6ccccc65)cc4)c4cccc(-c5ccc6ccccc6c5)c4)cc32)=CCC1. The second-order valence-corrected chi connectivity index (χ2v) is 17.9. The predicted molar refractivity (Wildman–Crippen MR) is 282 cm³/mol. The number of benzene rings is 10. The highest BCUT2D eigenvalue weighted by Gasteiger charge is 2.47. The molecule has 0 N–H and O–H groups in total. The third kappa shape index (κ3) is 6.25. The molecule has 2 aliphatic rings. The van der Waals surface area contributed by atoms with Crippen molar-refractivity contribution in [2.75, 3.05) is 4.90 Å². The van der Waals surface area contributed by atoms with Crippen LogP contribution in [-0.4, -0.2) is 4.57 Å². The van der Waals surface area contributed by atoms with E-state index in [2.05, 4.69) is 264 Å². The summed E-state index contributed by atoms with van der Waals surface area (Å²) in [6, 6.07) is 87.4. The molecule has 1 atom stereocenters. The molecule has 0 saturated heterocycles. The van der Waals surface area contributed by atoms with Crippen LogP contribution in [-0.2, 0) is 5.41 Å². The minimum Gasteiger partial charge on any atom is -0.310 e. The van der Waals surface area contributed by atoms with Crippen molar-refractivity contribution in [3.63, 3.8) is 0 Å². The number of hydrogen-bond acceptors (Lipinski definition) is 1. The van der Waals surface area contributed by atoms with Gasteiger partial charge >= 0.3 is 0 Å². The molecule has 2 nitrogen and oxygen atoms in total. The maximum absolute atomic E-state index is 2.49. The Balaban J connectivity index is 0.999. The zero-order valence-electron chi connectivity index (χ0n) is 37.1. The Hall–Kier alpha value is -8.46. The van der Waals surface area contributed by atoms with Crippen LogP contribution in [0.3, 0.4) is 0 Å². The van der Waals surface area contributed by atoms with Crippen molar-refractivity contribution < 1.29 is 0 Å². The molecule has 2 aliphatic carbocycles. The molecule has 2 heteroatoms. The van der Waals surface area contributed by atoms with Crippen LogP contribution in [0.15, 0.2) is 260 Å². The van der Waals surface area contributed by atoms with Crippen LogP contribution in [0.5, 0.6) is 0 Å². The topological polar surface area (TPSA) is 8.17 Å². The van der Waals surface area contributed by atoms with E-state index in [1.807, 2.05) is 0 Å². The fourth-order valence-corrected chi connectivity index (χ4v) is 11.3. The lowest BCUT2D eigenvalue weighted by atomic mass is 9.66. The van der Waals surface area contributed by atoms with E-state index in [0.717, 1.165) is 41.2 Å². The lowest BCUT2D eigenvalue weighted by Gasteiger charge is -2.36. The van der Waals surface area contributed by atoms with Crippen molar-refractivity contribution in [2.45, 2.75) is 18.3 Å². The quantitative estimate of drug-likeness (QED) is 0.148. The average molecular weight is 855 g/mol. The van der Waals surface area contributed by atoms with E-state index in [1.165, 1.54) is 82.7 Å². The standard InChI is InChI=1S/C65H46N2/c1-3-21-50(22-4-1)65(51-23-5-2-6-24-51)60-30-13-9-27-56(60)57-41-40-54(44-61(57)65)66(53-25-17-20-48(43-53)49-35-34-45-18-7-8-19-47(45)42-49)52-38-36-46(37-39-52)55-26-10-14-31-62(55)67-63-32-15-11-28-58(63)59-29-12-16-33-64(59)67/h1,3-5,7-44H,2,6H2. The van der Waals surface area contributed by atoms with Gasteiger partial charge in [0.25, 0.3) is 0 Å². The van der Waals surface area contributed by atoms with Crippen molar-refractivity contribution in [3.8, 4) is 39.1 Å². The highest BCUT2D eigenvalue weighted by molar-refractivity contribution is 6.09. The summed E-state index contributed by atoms with van der Waals surface area (Å²) in [7, 11) is 0. The maximum atomic E-state index is 2.49. The van der Waals surface area contributed by atoms with Gasteiger partial charge in [0.2, 0.25) is 0 Å². The first-order chi connectivity index (χ1) is 33.2. The van der Waals surface area contributed by atoms with Crippen LogP contribution in [0, 0.1) is 0 Å². The van der Waals surface area contributed by atoms with Crippen molar-refractivity contribution >= 4 is 49.6 Å². The molecule has 316 valence electrons. The van der Waals surface area contributed by atoms with Crippen molar-refractivity contribution in [2.24, 2.45) is 0 Å². The molecule has 0 aliphatic heterocycles. The second-order valence-electron chi connectivity index (χ2n) is 17.9. The highest BCUT2D eigenvalue weighted by atomic mass is 15.1. The maximum Gasteiger partial charge on any atom is 0.0711 e. The third-order valence-electron chi connectivity index (χ3n) is 14.3. The second kappa shape index (κ2) is 15.9. The zero-order chi connectivity index (χ0) is 44.3. The molecule has 0 saturated carbocycles. The highest BCUT2D eigenvalue weighted by Crippen LogP contribution is 2.58. The van der Waals surface area contributed by atoms with Gasteiger partial charge in [-0.15, -0.1) is 0 Å². The smallest absolute Gasteiger partial charge is 0.0711 e. The molecule has 1 unspecified atom stereocenters. The molecule has 0 fully saturated rings. The van der Waals surface area contributed by atoms with Gasteiger partial charge in [0.05, 0.1) is 22.1 Å². The number of allylic oxidation sites excluding steroid dienone is 4. The summed E-state index contributed by atoms with van der Waals surface area (Å²) in [4.78, 5) is 2.46. The number of aromatic nitrogens is 1. The van der Waals surface area contributed by atoms with Gasteiger partial charge in [0.15, 0.2) is 0 Å². The Morgan fingerprint density at radius 3 is 1.81 bits per heavy atom. The summed E-state index contributed by atoms with van der Waals surface area (Å²) in [6.45, 7) is 0. The number of hydrogen-bond donors (Lipinski definition) is 0. The number of nitrogens with zero attached hydrogens (tertiary/aromatic N) is 2. The molecule has 13 rings (SSSR count). The van der Waals surface area contributed by atoms with Crippen LogP contribution in [0.2, 0.25) is 0 Å². The lowest BCUT2D eigenvalue weighted by Crippen LogP contribution is -2.29. The van der Waals surface area contributed by atoms with Crippen LogP contribution >= 0.6 is 0 Å². The van der Waals surface area contributed by atoms with E-state index in [9.17, 15) is 0 Å². The minimum atomic E-state index is -0.473. The predicted octanol–water partition coefficient (Wildman–Crippen LogP) is 17.3. The van der Waals surface area contributed by atoms with Crippen LogP contribution in [0.4, 0.5) is 17.1 Å². The fourth-order valence-electron chi connectivity index (χ4n) is 11.3. The Morgan fingerprint density at radius 2 is 1.01 bits per heavy atom. The van der Waals surface area contributed by atoms with E-state index in [0.29, 0.717) is 0 Å². The van der Waals surface area contributed by atoms with Crippen LogP contribution < -0.4 is 4.90 Å². The van der Waals surface area contributed by atoms with E-state index in [4.69, 9.17) is 0 Å². The summed E-state index contributed by atoms with van der Waals surface area (Å²) in [5.41, 5.74) is 19.0. The van der Waals surface area contributed by atoms with Crippen molar-refractivity contribution in [3.05, 3.63) is 277 Å². The van der Waals surface area contributed by atoms with Crippen LogP contribution in [0.1, 0.15) is 29.5 Å². The summed E-state index contributed by atoms with van der Waals surface area (Å²) in [5, 5.41) is 5.00. The van der Waals surface area contributed by atoms with Crippen LogP contribution in [0.25, 0.3) is 71.6 Å². The van der Waals surface area contributed by atoms with Gasteiger partial charge in [-0.05, 0) is 134 Å². The minimum absolute atomic E-state index is 0.473. The Morgan fingerprint density at radius 1 is 0.388 bits per heavy atom. The molecule has 0 bridgehead atoms. The van der Waals surface area contributed by atoms with Gasteiger partial charge in [0, 0.05) is 33.4 Å². The van der Waals surface area contributed by atoms with Gasteiger partial charge in [-0.2, -0.15) is 0 Å². The number of para-hydroxylation sites is 3. The number of rotatable bonds is 8. The fraction of sp³-hybridized carbons (Fsp3) is 0.0462. The Bertz CT molecular complexity index is 3700. The molecular formula is C65H46N2. The van der Waals surface area contributed by atoms with Gasteiger partial charge < -0.3 is 9.47 Å². The van der Waals surface area contributed by atoms with E-state index >= 15 is 0 Å². The molecule has 0 spiro atoms. The molecular weight excluding hydrogens is 809 g/mol. The monoisotopic (exact) mass is 854 g/mol. The third-order valence-corrected chi connectivity index (χ3v) is 14.3. The van der Waals surface area contributed by atoms with Crippen molar-refractivity contribution in [1.29, 1.82) is 0 Å². The van der Waals surface area contributed by atoms with Crippen molar-refractivity contribution in [1.82, 2.24) is 4.57 Å². The zero-order valence-corrected chi connectivity index (χ0v) is 37.1. The van der Waals surface area contributed by atoms with Gasteiger partial charge in [-0.1, -0.05) is 194 Å². The Labute approximate surface area is 391 Å². The van der Waals surface area contributed by atoms with E-state index < -0.39 is 5.41 Å². The Kier molecular flexibility index (Phi) is 9.25. The number of anilines is 3. The van der Waals surface area contributed by atoms with E-state index in [-0.39, 0.29) is 0 Å². The summed E-state index contributed by atoms with van der Waals surface area (Å²) in [6.07, 6.45) is 9.30. The first kappa shape index (κ1) is 39.0. The van der Waals surface area contributed by atoms with E-state index in [1.54, 1.807) is 0 Å². The largest absolute Gasteiger partial charge is 0.310 e. The average Bonchev–Trinajstić information content (AvgIpc) is 3.90. The molecule has 1 aromatic heterocycles. The van der Waals surface area contributed by atoms with Gasteiger partial charge in [-0.3, -0.25) is 0 Å². The van der Waals surface area contributed by atoms with Gasteiger partial charge in [0.1, 0.15) is 0 Å². The lowest BCUT2D eigenvalue weighted by molar-refractivity contribution is 0.751. The molecule has 1 heterocycles. The first-order valence-corrected chi connectivity index (χ1v) is 23.5. The summed E-state index contributed by atoms with van der Waals surface area (Å²) in [5.74, 6) is 0. The molecule has 0 radical (unpaired) electrons. The molecule has 0 amide bonds. The molecule has 11 aromatic rings.